The van der Waals surface area contributed by atoms with E-state index in [4.69, 9.17) is 17.3 Å². The summed E-state index contributed by atoms with van der Waals surface area (Å²) in [6.45, 7) is 2.35. The highest BCUT2D eigenvalue weighted by Gasteiger charge is 2.07. The normalized spacial score (nSPS) is 12.1. The van der Waals surface area contributed by atoms with E-state index in [2.05, 4.69) is 5.32 Å². The Kier molecular flexibility index (Phi) is 4.77. The highest BCUT2D eigenvalue weighted by molar-refractivity contribution is 6.33. The van der Waals surface area contributed by atoms with Crippen LogP contribution in [0, 0.1) is 0 Å². The quantitative estimate of drug-likeness (QED) is 0.889. The van der Waals surface area contributed by atoms with Crippen LogP contribution in [-0.4, -0.2) is 11.9 Å². The van der Waals surface area contributed by atoms with Crippen molar-refractivity contribution in [1.82, 2.24) is 5.32 Å². The van der Waals surface area contributed by atoms with Gasteiger partial charge in [0.05, 0.1) is 6.04 Å². The molecule has 3 N–H and O–H groups in total. The minimum absolute atomic E-state index is 0.335. The molecule has 0 radical (unpaired) electrons. The van der Waals surface area contributed by atoms with E-state index < -0.39 is 0 Å². The van der Waals surface area contributed by atoms with Crippen molar-refractivity contribution in [2.75, 3.05) is 0 Å². The van der Waals surface area contributed by atoms with E-state index in [1.165, 1.54) is 0 Å². The topological polar surface area (TPSA) is 55.1 Å². The summed E-state index contributed by atoms with van der Waals surface area (Å²) in [5.41, 5.74) is 8.38. The van der Waals surface area contributed by atoms with Crippen molar-refractivity contribution in [3.63, 3.8) is 0 Å². The molecule has 0 heterocycles. The second kappa shape index (κ2) is 6.55. The van der Waals surface area contributed by atoms with Gasteiger partial charge < -0.3 is 11.1 Å². The van der Waals surface area contributed by atoms with Gasteiger partial charge in [-0.15, -0.1) is 0 Å². The molecule has 4 heteroatoms. The molecule has 2 rings (SSSR count). The van der Waals surface area contributed by atoms with Gasteiger partial charge in [0.1, 0.15) is 0 Å². The molecule has 0 fully saturated rings. The van der Waals surface area contributed by atoms with Crippen LogP contribution in [0.2, 0.25) is 5.02 Å². The van der Waals surface area contributed by atoms with Gasteiger partial charge in [-0.1, -0.05) is 54.1 Å². The number of carbonyl (C=O) groups excluding carboxylic acids is 1. The van der Waals surface area contributed by atoms with Gasteiger partial charge in [0.2, 0.25) is 5.91 Å². The molecule has 2 aromatic rings. The van der Waals surface area contributed by atoms with Crippen molar-refractivity contribution in [2.24, 2.45) is 5.73 Å². The number of hydrogen-bond acceptors (Lipinski definition) is 2. The van der Waals surface area contributed by atoms with Crippen molar-refractivity contribution in [3.8, 4) is 11.1 Å². The lowest BCUT2D eigenvalue weighted by molar-refractivity contribution is -0.119. The Hall–Kier alpha value is -1.84. The fourth-order valence-electron chi connectivity index (χ4n) is 1.87. The molecule has 0 aliphatic rings. The molecule has 2 aromatic carbocycles. The van der Waals surface area contributed by atoms with Crippen LogP contribution in [0.3, 0.4) is 0 Å². The van der Waals surface area contributed by atoms with Crippen molar-refractivity contribution in [1.29, 1.82) is 0 Å². The number of nitrogens with two attached hydrogens (primary N) is 1. The Morgan fingerprint density at radius 3 is 2.45 bits per heavy atom. The maximum atomic E-state index is 10.9. The molecule has 1 atom stereocenters. The maximum absolute atomic E-state index is 10.9. The predicted octanol–water partition coefficient (Wildman–Crippen LogP) is 2.97. The molecule has 0 unspecified atom stereocenters. The first-order valence-electron chi connectivity index (χ1n) is 6.44. The first-order valence-corrected chi connectivity index (χ1v) is 6.82. The van der Waals surface area contributed by atoms with Gasteiger partial charge in [0, 0.05) is 17.1 Å². The number of amides is 1. The van der Waals surface area contributed by atoms with Gasteiger partial charge in [-0.05, 0) is 24.1 Å². The zero-order valence-corrected chi connectivity index (χ0v) is 12.0. The average molecular weight is 289 g/mol. The molecule has 3 nitrogen and oxygen atoms in total. The van der Waals surface area contributed by atoms with E-state index in [9.17, 15) is 4.79 Å². The molecule has 0 spiro atoms. The third-order valence-electron chi connectivity index (χ3n) is 3.18. The Balaban J connectivity index is 2.07. The number of carbonyl (C=O) groups is 1. The van der Waals surface area contributed by atoms with E-state index in [0.29, 0.717) is 6.54 Å². The van der Waals surface area contributed by atoms with Crippen LogP contribution in [0.1, 0.15) is 12.5 Å². The van der Waals surface area contributed by atoms with Crippen molar-refractivity contribution < 1.29 is 4.79 Å². The molecule has 0 aromatic heterocycles. The van der Waals surface area contributed by atoms with E-state index >= 15 is 0 Å². The molecule has 20 heavy (non-hydrogen) atoms. The van der Waals surface area contributed by atoms with Crippen molar-refractivity contribution >= 4 is 17.5 Å². The van der Waals surface area contributed by atoms with Crippen LogP contribution in [0.4, 0.5) is 0 Å². The van der Waals surface area contributed by atoms with Gasteiger partial charge in [-0.3, -0.25) is 4.79 Å². The number of nitrogens with one attached hydrogen (secondary N) is 1. The van der Waals surface area contributed by atoms with Gasteiger partial charge in [-0.2, -0.15) is 0 Å². The van der Waals surface area contributed by atoms with E-state index in [1.807, 2.05) is 48.5 Å². The summed E-state index contributed by atoms with van der Waals surface area (Å²) in [6, 6.07) is 15.5. The lowest BCUT2D eigenvalue weighted by atomic mass is 10.0. The maximum Gasteiger partial charge on any atom is 0.234 e. The monoisotopic (exact) mass is 288 g/mol. The van der Waals surface area contributed by atoms with Crippen molar-refractivity contribution in [3.05, 3.63) is 59.1 Å². The number of hydrogen-bond donors (Lipinski definition) is 2. The zero-order valence-electron chi connectivity index (χ0n) is 11.3. The van der Waals surface area contributed by atoms with Gasteiger partial charge >= 0.3 is 0 Å². The Morgan fingerprint density at radius 2 is 1.85 bits per heavy atom. The van der Waals surface area contributed by atoms with Crippen LogP contribution in [-0.2, 0) is 11.3 Å². The average Bonchev–Trinajstić information content (AvgIpc) is 2.46. The number of rotatable bonds is 5. The predicted molar refractivity (Wildman–Crippen MR) is 82.4 cm³/mol. The van der Waals surface area contributed by atoms with Crippen LogP contribution in [0.15, 0.2) is 48.5 Å². The largest absolute Gasteiger partial charge is 0.368 e. The summed E-state index contributed by atoms with van der Waals surface area (Å²) >= 11 is 6.17. The molecule has 104 valence electrons. The lowest BCUT2D eigenvalue weighted by Crippen LogP contribution is -2.38. The zero-order chi connectivity index (χ0) is 14.5. The van der Waals surface area contributed by atoms with Crippen LogP contribution in [0.25, 0.3) is 11.1 Å². The van der Waals surface area contributed by atoms with E-state index in [0.717, 1.165) is 21.7 Å². The summed E-state index contributed by atoms with van der Waals surface area (Å²) in [7, 11) is 0. The number of benzene rings is 2. The third-order valence-corrected chi connectivity index (χ3v) is 3.51. The first kappa shape index (κ1) is 14.6. The van der Waals surface area contributed by atoms with E-state index in [-0.39, 0.29) is 11.9 Å². The van der Waals surface area contributed by atoms with E-state index in [1.54, 1.807) is 6.92 Å². The lowest BCUT2D eigenvalue weighted by Gasteiger charge is -2.10. The second-order valence-corrected chi connectivity index (χ2v) is 5.09. The molecule has 0 saturated carbocycles. The smallest absolute Gasteiger partial charge is 0.234 e. The fourth-order valence-corrected chi connectivity index (χ4v) is 2.11. The number of halogens is 1. The Labute approximate surface area is 123 Å². The molecule has 0 aliphatic carbocycles. The second-order valence-electron chi connectivity index (χ2n) is 4.68. The van der Waals surface area contributed by atoms with Gasteiger partial charge in [-0.25, -0.2) is 0 Å². The highest BCUT2D eigenvalue weighted by atomic mass is 35.5. The Morgan fingerprint density at radius 1 is 1.20 bits per heavy atom. The summed E-state index contributed by atoms with van der Waals surface area (Å²) < 4.78 is 0. The van der Waals surface area contributed by atoms with Crippen molar-refractivity contribution in [2.45, 2.75) is 19.5 Å². The molecule has 0 bridgehead atoms. The van der Waals surface area contributed by atoms with Gasteiger partial charge in [0.15, 0.2) is 0 Å². The molecular weight excluding hydrogens is 272 g/mol. The fraction of sp³-hybridized carbons (Fsp3) is 0.188. The van der Waals surface area contributed by atoms with Gasteiger partial charge in [0.25, 0.3) is 0 Å². The summed E-state index contributed by atoms with van der Waals surface area (Å²) in [5, 5.41) is 3.81. The molecule has 1 amide bonds. The number of primary amides is 1. The molecular formula is C16H17ClN2O. The summed E-state index contributed by atoms with van der Waals surface area (Å²) in [6.07, 6.45) is 0. The summed E-state index contributed by atoms with van der Waals surface area (Å²) in [5.74, 6) is -0.349. The molecule has 0 saturated heterocycles. The van der Waals surface area contributed by atoms with Crippen LogP contribution in [0.5, 0.6) is 0 Å². The minimum atomic E-state index is -0.349. The molecule has 0 aliphatic heterocycles. The third kappa shape index (κ3) is 3.59. The minimum Gasteiger partial charge on any atom is -0.368 e. The van der Waals surface area contributed by atoms with Crippen LogP contribution < -0.4 is 11.1 Å². The Bertz CT molecular complexity index is 596. The summed E-state index contributed by atoms with van der Waals surface area (Å²) in [4.78, 5) is 10.9. The first-order chi connectivity index (χ1) is 9.58. The highest BCUT2D eigenvalue weighted by Crippen LogP contribution is 2.27. The SMILES string of the molecule is C[C@H](NCc1ccc(-c2ccccc2Cl)cc1)C(N)=O. The standard InChI is InChI=1S/C16H17ClN2O/c1-11(16(18)20)19-10-12-6-8-13(9-7-12)14-4-2-3-5-15(14)17/h2-9,11,19H,10H2,1H3,(H2,18,20)/t11-/m0/s1. The van der Waals surface area contributed by atoms with Crippen LogP contribution >= 0.6 is 11.6 Å².